The number of benzene rings is 2. The first kappa shape index (κ1) is 18.4. The summed E-state index contributed by atoms with van der Waals surface area (Å²) in [4.78, 5) is 22.1. The van der Waals surface area contributed by atoms with Crippen molar-refractivity contribution in [3.8, 4) is 5.75 Å². The number of aryl methyl sites for hydroxylation is 1. The zero-order valence-electron chi connectivity index (χ0n) is 13.5. The largest absolute Gasteiger partial charge is 0.462 e. The number of rotatable bonds is 6. The number of nitrogens with zero attached hydrogens (tertiary/aromatic N) is 1. The van der Waals surface area contributed by atoms with Gasteiger partial charge in [-0.25, -0.2) is 4.79 Å². The van der Waals surface area contributed by atoms with Crippen molar-refractivity contribution in [2.45, 2.75) is 18.7 Å². The molecule has 0 bridgehead atoms. The van der Waals surface area contributed by atoms with E-state index in [1.807, 2.05) is 0 Å². The van der Waals surface area contributed by atoms with Gasteiger partial charge in [0, 0.05) is 12.1 Å². The number of esters is 1. The fourth-order valence-corrected chi connectivity index (χ4v) is 2.89. The molecule has 8 nitrogen and oxygen atoms in total. The zero-order chi connectivity index (χ0) is 18.6. The molecule has 0 spiro atoms. The number of non-ortho nitro benzene ring substituents is 1. The smallest absolute Gasteiger partial charge is 0.342 e. The second-order valence-corrected chi connectivity index (χ2v) is 6.55. The van der Waals surface area contributed by atoms with E-state index < -0.39 is 21.0 Å². The molecule has 0 aromatic heterocycles. The maximum atomic E-state index is 12.4. The van der Waals surface area contributed by atoms with Crippen LogP contribution in [0.2, 0.25) is 0 Å². The zero-order valence-corrected chi connectivity index (χ0v) is 14.3. The lowest BCUT2D eigenvalue weighted by Crippen LogP contribution is -2.14. The molecule has 132 valence electrons. The highest BCUT2D eigenvalue weighted by Gasteiger charge is 2.24. The lowest BCUT2D eigenvalue weighted by molar-refractivity contribution is -0.384. The molecule has 2 aromatic carbocycles. The van der Waals surface area contributed by atoms with E-state index in [-0.39, 0.29) is 28.5 Å². The molecule has 2 aromatic rings. The lowest BCUT2D eigenvalue weighted by atomic mass is 10.2. The standard InChI is InChI=1S/C16H15NO7S/c1-3-23-16(18)14-10-12(17(19)20)6-9-15(14)24-25(21,22)13-7-4-11(2)5-8-13/h4-10H,3H2,1-2H3. The molecule has 0 fully saturated rings. The Morgan fingerprint density at radius 1 is 1.16 bits per heavy atom. The van der Waals surface area contributed by atoms with Gasteiger partial charge >= 0.3 is 16.1 Å². The van der Waals surface area contributed by atoms with Crippen molar-refractivity contribution < 1.29 is 27.1 Å². The number of nitro benzene ring substituents is 1. The Balaban J connectivity index is 2.45. The molecule has 25 heavy (non-hydrogen) atoms. The fourth-order valence-electron chi connectivity index (χ4n) is 1.94. The molecular weight excluding hydrogens is 350 g/mol. The Hall–Kier alpha value is -2.94. The summed E-state index contributed by atoms with van der Waals surface area (Å²) in [5.74, 6) is -1.26. The molecule has 2 rings (SSSR count). The molecule has 0 atom stereocenters. The van der Waals surface area contributed by atoms with Gasteiger partial charge < -0.3 is 8.92 Å². The third-order valence-corrected chi connectivity index (χ3v) is 4.43. The number of hydrogen-bond acceptors (Lipinski definition) is 7. The van der Waals surface area contributed by atoms with Crippen LogP contribution in [-0.4, -0.2) is 25.9 Å². The van der Waals surface area contributed by atoms with Crippen molar-refractivity contribution in [2.75, 3.05) is 6.61 Å². The minimum absolute atomic E-state index is 0.0195. The molecule has 9 heteroatoms. The third-order valence-electron chi connectivity index (χ3n) is 3.18. The predicted octanol–water partition coefficient (Wildman–Crippen LogP) is 2.85. The van der Waals surface area contributed by atoms with Crippen molar-refractivity contribution in [1.82, 2.24) is 0 Å². The van der Waals surface area contributed by atoms with E-state index in [4.69, 9.17) is 8.92 Å². The van der Waals surface area contributed by atoms with Crippen molar-refractivity contribution in [1.29, 1.82) is 0 Å². The maximum Gasteiger partial charge on any atom is 0.342 e. The van der Waals surface area contributed by atoms with Crippen LogP contribution in [-0.2, 0) is 14.9 Å². The Morgan fingerprint density at radius 3 is 2.36 bits per heavy atom. The van der Waals surface area contributed by atoms with Gasteiger partial charge in [0.05, 0.1) is 11.5 Å². The Bertz CT molecular complexity index is 905. The van der Waals surface area contributed by atoms with Crippen LogP contribution in [0.25, 0.3) is 0 Å². The van der Waals surface area contributed by atoms with Crippen LogP contribution in [0.1, 0.15) is 22.8 Å². The average molecular weight is 365 g/mol. The van der Waals surface area contributed by atoms with Crippen molar-refractivity contribution in [3.05, 3.63) is 63.7 Å². The fraction of sp³-hybridized carbons (Fsp3) is 0.188. The van der Waals surface area contributed by atoms with Crippen LogP contribution in [0, 0.1) is 17.0 Å². The first-order valence-corrected chi connectivity index (χ1v) is 8.62. The average Bonchev–Trinajstić information content (AvgIpc) is 2.55. The summed E-state index contributed by atoms with van der Waals surface area (Å²) in [6.45, 7) is 3.37. The van der Waals surface area contributed by atoms with Crippen LogP contribution < -0.4 is 4.18 Å². The molecule has 0 amide bonds. The number of carbonyl (C=O) groups excluding carboxylic acids is 1. The highest BCUT2D eigenvalue weighted by molar-refractivity contribution is 7.87. The molecular formula is C16H15NO7S. The first-order valence-electron chi connectivity index (χ1n) is 7.21. The number of carbonyl (C=O) groups is 1. The van der Waals surface area contributed by atoms with Crippen LogP contribution in [0.15, 0.2) is 47.4 Å². The van der Waals surface area contributed by atoms with Gasteiger partial charge in [0.1, 0.15) is 10.5 Å². The summed E-state index contributed by atoms with van der Waals surface area (Å²) in [6, 6.07) is 8.92. The Labute approximate surface area is 144 Å². The van der Waals surface area contributed by atoms with Gasteiger partial charge in [-0.1, -0.05) is 17.7 Å². The number of hydrogen-bond donors (Lipinski definition) is 0. The quantitative estimate of drug-likeness (QED) is 0.335. The van der Waals surface area contributed by atoms with Gasteiger partial charge in [-0.15, -0.1) is 0 Å². The van der Waals surface area contributed by atoms with E-state index in [9.17, 15) is 23.3 Å². The van der Waals surface area contributed by atoms with Crippen molar-refractivity contribution in [3.63, 3.8) is 0 Å². The van der Waals surface area contributed by atoms with Crippen LogP contribution >= 0.6 is 0 Å². The molecule has 0 radical (unpaired) electrons. The van der Waals surface area contributed by atoms with Crippen molar-refractivity contribution >= 4 is 21.8 Å². The van der Waals surface area contributed by atoms with Gasteiger partial charge in [0.15, 0.2) is 5.75 Å². The molecule has 0 N–H and O–H groups in total. The molecule has 0 saturated carbocycles. The normalized spacial score (nSPS) is 11.0. The molecule has 0 saturated heterocycles. The number of ether oxygens (including phenoxy) is 1. The maximum absolute atomic E-state index is 12.4. The summed E-state index contributed by atoms with van der Waals surface area (Å²) < 4.78 is 34.5. The molecule has 0 heterocycles. The Kier molecular flexibility index (Phi) is 5.38. The molecule has 0 aliphatic heterocycles. The predicted molar refractivity (Wildman–Crippen MR) is 88.0 cm³/mol. The van der Waals surface area contributed by atoms with Crippen LogP contribution in [0.5, 0.6) is 5.75 Å². The second kappa shape index (κ2) is 7.31. The third kappa shape index (κ3) is 4.32. The summed E-state index contributed by atoms with van der Waals surface area (Å²) >= 11 is 0. The minimum atomic E-state index is -4.21. The second-order valence-electron chi connectivity index (χ2n) is 5.01. The lowest BCUT2D eigenvalue weighted by Gasteiger charge is -2.11. The number of nitro groups is 1. The first-order chi connectivity index (χ1) is 11.7. The highest BCUT2D eigenvalue weighted by atomic mass is 32.2. The van der Waals surface area contributed by atoms with E-state index in [2.05, 4.69) is 0 Å². The highest BCUT2D eigenvalue weighted by Crippen LogP contribution is 2.28. The van der Waals surface area contributed by atoms with Gasteiger partial charge in [0.2, 0.25) is 0 Å². The van der Waals surface area contributed by atoms with Gasteiger partial charge in [-0.3, -0.25) is 10.1 Å². The van der Waals surface area contributed by atoms with E-state index in [0.29, 0.717) is 0 Å². The monoisotopic (exact) mass is 365 g/mol. The SMILES string of the molecule is CCOC(=O)c1cc([N+](=O)[O-])ccc1OS(=O)(=O)c1ccc(C)cc1. The van der Waals surface area contributed by atoms with Gasteiger partial charge in [-0.05, 0) is 32.0 Å². The van der Waals surface area contributed by atoms with Gasteiger partial charge in [-0.2, -0.15) is 8.42 Å². The van der Waals surface area contributed by atoms with Crippen molar-refractivity contribution in [2.24, 2.45) is 0 Å². The summed E-state index contributed by atoms with van der Waals surface area (Å²) in [7, 11) is -4.21. The van der Waals surface area contributed by atoms with E-state index in [0.717, 1.165) is 23.8 Å². The summed E-state index contributed by atoms with van der Waals surface area (Å²) in [6.07, 6.45) is 0. The summed E-state index contributed by atoms with van der Waals surface area (Å²) in [5, 5.41) is 10.9. The van der Waals surface area contributed by atoms with Crippen LogP contribution in [0.3, 0.4) is 0 Å². The van der Waals surface area contributed by atoms with E-state index in [1.54, 1.807) is 26.0 Å². The van der Waals surface area contributed by atoms with Crippen LogP contribution in [0.4, 0.5) is 5.69 Å². The molecule has 0 aliphatic carbocycles. The molecule has 0 unspecified atom stereocenters. The molecule has 0 aliphatic rings. The van der Waals surface area contributed by atoms with Gasteiger partial charge in [0.25, 0.3) is 5.69 Å². The van der Waals surface area contributed by atoms with E-state index in [1.165, 1.54) is 12.1 Å². The minimum Gasteiger partial charge on any atom is -0.462 e. The van der Waals surface area contributed by atoms with E-state index >= 15 is 0 Å². The topological polar surface area (TPSA) is 113 Å². The summed E-state index contributed by atoms with van der Waals surface area (Å²) in [5.41, 5.74) is 0.136. The Morgan fingerprint density at radius 2 is 1.80 bits per heavy atom.